The Balaban J connectivity index is 2.11. The van der Waals surface area contributed by atoms with Crippen LogP contribution >= 0.6 is 0 Å². The molecule has 0 amide bonds. The van der Waals surface area contributed by atoms with Gasteiger partial charge in [-0.15, -0.1) is 0 Å². The lowest BCUT2D eigenvalue weighted by atomic mass is 10.1. The summed E-state index contributed by atoms with van der Waals surface area (Å²) in [6, 6.07) is 4.45. The molecule has 8 nitrogen and oxygen atoms in total. The number of aliphatic hydroxyl groups is 1. The number of nitrogens with zero attached hydrogens (tertiary/aromatic N) is 3. The molecule has 1 heterocycles. The van der Waals surface area contributed by atoms with Crippen molar-refractivity contribution in [1.82, 2.24) is 9.88 Å². The highest BCUT2D eigenvalue weighted by molar-refractivity contribution is 5.77. The number of hydrogen-bond acceptors (Lipinski definition) is 7. The Kier molecular flexibility index (Phi) is 4.10. The number of benzene rings is 1. The third-order valence-corrected chi connectivity index (χ3v) is 2.86. The predicted molar refractivity (Wildman–Crippen MR) is 78.3 cm³/mol. The van der Waals surface area contributed by atoms with Crippen LogP contribution in [0.2, 0.25) is 0 Å². The van der Waals surface area contributed by atoms with Gasteiger partial charge in [-0.05, 0) is 27.1 Å². The van der Waals surface area contributed by atoms with Crippen LogP contribution in [0, 0.1) is 10.1 Å². The molecule has 8 heteroatoms. The number of rotatable bonds is 6. The molecule has 2 rings (SSSR count). The highest BCUT2D eigenvalue weighted by Crippen LogP contribution is 2.23. The summed E-state index contributed by atoms with van der Waals surface area (Å²) in [5.41, 5.74) is -0.144. The number of aromatic nitrogens is 1. The summed E-state index contributed by atoms with van der Waals surface area (Å²) < 4.78 is 5.41. The Morgan fingerprint density at radius 3 is 2.86 bits per heavy atom. The quantitative estimate of drug-likeness (QED) is 0.613. The van der Waals surface area contributed by atoms with E-state index in [-0.39, 0.29) is 18.2 Å². The highest BCUT2D eigenvalue weighted by atomic mass is 16.6. The van der Waals surface area contributed by atoms with E-state index in [1.54, 1.807) is 6.92 Å². The number of hydrogen-bond donors (Lipinski definition) is 2. The Hall–Kier alpha value is -2.19. The molecule has 1 unspecified atom stereocenters. The number of nitro groups is 1. The van der Waals surface area contributed by atoms with Gasteiger partial charge in [0.25, 0.3) is 11.7 Å². The molecule has 0 fully saturated rings. The van der Waals surface area contributed by atoms with Crippen molar-refractivity contribution in [3.63, 3.8) is 0 Å². The van der Waals surface area contributed by atoms with Crippen LogP contribution in [0.1, 0.15) is 6.92 Å². The summed E-state index contributed by atoms with van der Waals surface area (Å²) in [6.45, 7) is 2.43. The zero-order chi connectivity index (χ0) is 15.6. The topological polar surface area (TPSA) is 105 Å². The molecule has 2 N–H and O–H groups in total. The van der Waals surface area contributed by atoms with Gasteiger partial charge in [0.2, 0.25) is 0 Å². The van der Waals surface area contributed by atoms with Gasteiger partial charge in [0.15, 0.2) is 5.58 Å². The van der Waals surface area contributed by atoms with Crippen molar-refractivity contribution >= 4 is 22.8 Å². The maximum Gasteiger partial charge on any atom is 0.295 e. The van der Waals surface area contributed by atoms with Crippen LogP contribution < -0.4 is 5.32 Å². The van der Waals surface area contributed by atoms with Crippen molar-refractivity contribution < 1.29 is 14.4 Å². The van der Waals surface area contributed by atoms with Crippen molar-refractivity contribution in [3.8, 4) is 0 Å². The normalized spacial score (nSPS) is 14.3. The molecule has 1 atom stereocenters. The minimum absolute atomic E-state index is 0.0511. The van der Waals surface area contributed by atoms with Crippen LogP contribution in [0.3, 0.4) is 0 Å². The van der Waals surface area contributed by atoms with Crippen LogP contribution in [0.4, 0.5) is 11.7 Å². The lowest BCUT2D eigenvalue weighted by Gasteiger charge is -2.26. The van der Waals surface area contributed by atoms with Crippen LogP contribution in [0.15, 0.2) is 22.6 Å². The molecule has 0 bridgehead atoms. The summed E-state index contributed by atoms with van der Waals surface area (Å²) in [6.07, 6.45) is 0. The first kappa shape index (κ1) is 15.2. The fourth-order valence-electron chi connectivity index (χ4n) is 2.11. The predicted octanol–water partition coefficient (Wildman–Crippen LogP) is 1.46. The summed E-state index contributed by atoms with van der Waals surface area (Å²) in [7, 11) is 3.74. The van der Waals surface area contributed by atoms with E-state index in [2.05, 4.69) is 10.3 Å². The number of likely N-dealkylation sites (N-methyl/N-ethyl adjacent to an activating group) is 1. The van der Waals surface area contributed by atoms with Gasteiger partial charge < -0.3 is 19.7 Å². The Labute approximate surface area is 121 Å². The second-order valence-electron chi connectivity index (χ2n) is 5.52. The molecule has 0 aliphatic rings. The third kappa shape index (κ3) is 3.89. The van der Waals surface area contributed by atoms with Crippen molar-refractivity contribution in [3.05, 3.63) is 28.3 Å². The zero-order valence-corrected chi connectivity index (χ0v) is 12.2. The standard InChI is InChI=1S/C13H18N4O4/c1-13(18,8-16(2)3)7-14-12-15-10-5-4-9(17(19)20)6-11(10)21-12/h4-6,18H,7-8H2,1-3H3,(H,14,15). The molecule has 21 heavy (non-hydrogen) atoms. The summed E-state index contributed by atoms with van der Waals surface area (Å²) in [4.78, 5) is 16.3. The van der Waals surface area contributed by atoms with Crippen LogP contribution in [0.25, 0.3) is 11.1 Å². The maximum absolute atomic E-state index is 10.7. The number of oxazole rings is 1. The molecule has 1 aromatic heterocycles. The fraction of sp³-hybridized carbons (Fsp3) is 0.462. The van der Waals surface area contributed by atoms with E-state index < -0.39 is 10.5 Å². The molecule has 0 radical (unpaired) electrons. The summed E-state index contributed by atoms with van der Waals surface area (Å²) in [5.74, 6) is 0. The van der Waals surface area contributed by atoms with Gasteiger partial charge in [0.05, 0.1) is 16.6 Å². The SMILES string of the molecule is CN(C)CC(C)(O)CNc1nc2ccc([N+](=O)[O-])cc2o1. The monoisotopic (exact) mass is 294 g/mol. The van der Waals surface area contributed by atoms with Gasteiger partial charge in [0, 0.05) is 19.2 Å². The molecular formula is C13H18N4O4. The van der Waals surface area contributed by atoms with E-state index in [4.69, 9.17) is 4.42 Å². The van der Waals surface area contributed by atoms with E-state index >= 15 is 0 Å². The Bertz CT molecular complexity index is 651. The minimum atomic E-state index is -0.948. The number of nitro benzene ring substituents is 1. The van der Waals surface area contributed by atoms with E-state index in [0.717, 1.165) is 0 Å². The second kappa shape index (κ2) is 5.66. The molecule has 0 saturated carbocycles. The van der Waals surface area contributed by atoms with E-state index in [9.17, 15) is 15.2 Å². The third-order valence-electron chi connectivity index (χ3n) is 2.86. The molecule has 0 saturated heterocycles. The molecule has 0 aliphatic heterocycles. The molecule has 0 spiro atoms. The maximum atomic E-state index is 10.7. The average molecular weight is 294 g/mol. The van der Waals surface area contributed by atoms with Crippen LogP contribution in [0.5, 0.6) is 0 Å². The van der Waals surface area contributed by atoms with Gasteiger partial charge in [-0.1, -0.05) is 0 Å². The van der Waals surface area contributed by atoms with Gasteiger partial charge in [-0.25, -0.2) is 0 Å². The van der Waals surface area contributed by atoms with Crippen molar-refractivity contribution in [2.45, 2.75) is 12.5 Å². The lowest BCUT2D eigenvalue weighted by molar-refractivity contribution is -0.384. The van der Waals surface area contributed by atoms with Gasteiger partial charge in [0.1, 0.15) is 5.52 Å². The summed E-state index contributed by atoms with van der Waals surface area (Å²) in [5, 5.41) is 23.8. The summed E-state index contributed by atoms with van der Waals surface area (Å²) >= 11 is 0. The van der Waals surface area contributed by atoms with E-state index in [0.29, 0.717) is 17.6 Å². The molecular weight excluding hydrogens is 276 g/mol. The van der Waals surface area contributed by atoms with Gasteiger partial charge in [-0.3, -0.25) is 10.1 Å². The zero-order valence-electron chi connectivity index (χ0n) is 12.2. The molecule has 0 aliphatic carbocycles. The molecule has 2 aromatic rings. The first-order chi connectivity index (χ1) is 9.77. The van der Waals surface area contributed by atoms with E-state index in [1.165, 1.54) is 18.2 Å². The van der Waals surface area contributed by atoms with Crippen molar-refractivity contribution in [2.75, 3.05) is 32.5 Å². The molecule has 1 aromatic carbocycles. The first-order valence-corrected chi connectivity index (χ1v) is 6.43. The smallest absolute Gasteiger partial charge is 0.295 e. The van der Waals surface area contributed by atoms with Crippen molar-refractivity contribution in [1.29, 1.82) is 0 Å². The Morgan fingerprint density at radius 1 is 1.52 bits per heavy atom. The van der Waals surface area contributed by atoms with Gasteiger partial charge in [-0.2, -0.15) is 4.98 Å². The van der Waals surface area contributed by atoms with Gasteiger partial charge >= 0.3 is 0 Å². The largest absolute Gasteiger partial charge is 0.423 e. The highest BCUT2D eigenvalue weighted by Gasteiger charge is 2.22. The number of nitrogens with one attached hydrogen (secondary N) is 1. The number of anilines is 1. The van der Waals surface area contributed by atoms with Crippen LogP contribution in [-0.2, 0) is 0 Å². The first-order valence-electron chi connectivity index (χ1n) is 6.43. The fourth-order valence-corrected chi connectivity index (χ4v) is 2.11. The Morgan fingerprint density at radius 2 is 2.24 bits per heavy atom. The van der Waals surface area contributed by atoms with Crippen LogP contribution in [-0.4, -0.2) is 52.7 Å². The average Bonchev–Trinajstić information content (AvgIpc) is 2.76. The second-order valence-corrected chi connectivity index (χ2v) is 5.52. The van der Waals surface area contributed by atoms with Crippen molar-refractivity contribution in [2.24, 2.45) is 0 Å². The number of non-ortho nitro benzene ring substituents is 1. The van der Waals surface area contributed by atoms with E-state index in [1.807, 2.05) is 19.0 Å². The number of fused-ring (bicyclic) bond motifs is 1. The lowest BCUT2D eigenvalue weighted by Crippen LogP contribution is -2.43. The minimum Gasteiger partial charge on any atom is -0.423 e. The molecule has 114 valence electrons.